The van der Waals surface area contributed by atoms with Gasteiger partial charge < -0.3 is 20.7 Å². The molecule has 166 valence electrons. The van der Waals surface area contributed by atoms with Crippen molar-refractivity contribution in [3.05, 3.63) is 50.7 Å². The molecule has 1 aromatic carbocycles. The molecule has 31 heavy (non-hydrogen) atoms. The minimum Gasteiger partial charge on any atom is -0.383 e. The normalized spacial score (nSPS) is 15.6. The van der Waals surface area contributed by atoms with E-state index in [1.165, 1.54) is 17.7 Å². The van der Waals surface area contributed by atoms with Crippen LogP contribution in [0.4, 0.5) is 17.2 Å². The standard InChI is InChI=1S/C21H27N5O5/c1-3-4-10-26-17(22)16(19(28)24-21(26)30)25(2)20(29)13-7-5-8-14(12-13)23-18(27)15-9-6-11-31-15/h5,7-8,12,15H,3-4,6,9-11,22H2,1-2H3,(H,23,27)(H,24,28,30). The molecule has 0 saturated carbocycles. The van der Waals surface area contributed by atoms with Crippen LogP contribution in [-0.2, 0) is 16.1 Å². The molecule has 0 aliphatic carbocycles. The highest BCUT2D eigenvalue weighted by molar-refractivity contribution is 6.07. The van der Waals surface area contributed by atoms with E-state index in [9.17, 15) is 19.2 Å². The molecule has 0 radical (unpaired) electrons. The predicted molar refractivity (Wildman–Crippen MR) is 117 cm³/mol. The van der Waals surface area contributed by atoms with Crippen LogP contribution in [0.3, 0.4) is 0 Å². The number of nitrogens with two attached hydrogens (primary N) is 1. The Hall–Kier alpha value is -3.40. The lowest BCUT2D eigenvalue weighted by Crippen LogP contribution is -2.39. The lowest BCUT2D eigenvalue weighted by Gasteiger charge is -2.20. The van der Waals surface area contributed by atoms with Gasteiger partial charge in [0.05, 0.1) is 0 Å². The number of nitrogen functional groups attached to an aromatic ring is 1. The number of benzene rings is 1. The average Bonchev–Trinajstić information content (AvgIpc) is 3.28. The molecule has 4 N–H and O–H groups in total. The van der Waals surface area contributed by atoms with Crippen LogP contribution < -0.4 is 27.2 Å². The van der Waals surface area contributed by atoms with Gasteiger partial charge in [-0.25, -0.2) is 4.79 Å². The number of ether oxygens (including phenoxy) is 1. The molecule has 2 amide bonds. The number of anilines is 3. The fraction of sp³-hybridized carbons (Fsp3) is 0.429. The van der Waals surface area contributed by atoms with Crippen LogP contribution in [0.25, 0.3) is 0 Å². The molecule has 2 aromatic rings. The summed E-state index contributed by atoms with van der Waals surface area (Å²) in [5.41, 5.74) is 5.32. The molecule has 1 aliphatic heterocycles. The van der Waals surface area contributed by atoms with Crippen molar-refractivity contribution in [1.82, 2.24) is 9.55 Å². The molecule has 1 aliphatic rings. The third-order valence-electron chi connectivity index (χ3n) is 5.19. The lowest BCUT2D eigenvalue weighted by atomic mass is 10.1. The fourth-order valence-electron chi connectivity index (χ4n) is 3.47. The highest BCUT2D eigenvalue weighted by atomic mass is 16.5. The smallest absolute Gasteiger partial charge is 0.330 e. The van der Waals surface area contributed by atoms with E-state index in [1.54, 1.807) is 18.2 Å². The van der Waals surface area contributed by atoms with Gasteiger partial charge in [0.15, 0.2) is 5.69 Å². The average molecular weight is 429 g/mol. The summed E-state index contributed by atoms with van der Waals surface area (Å²) in [7, 11) is 1.41. The number of carbonyl (C=O) groups is 2. The van der Waals surface area contributed by atoms with Crippen LogP contribution in [-0.4, -0.2) is 41.1 Å². The molecule has 10 heteroatoms. The van der Waals surface area contributed by atoms with Gasteiger partial charge in [-0.15, -0.1) is 0 Å². The van der Waals surface area contributed by atoms with E-state index >= 15 is 0 Å². The van der Waals surface area contributed by atoms with E-state index in [2.05, 4.69) is 10.3 Å². The molecular formula is C21H27N5O5. The Morgan fingerprint density at radius 1 is 1.35 bits per heavy atom. The molecule has 0 bridgehead atoms. The van der Waals surface area contributed by atoms with Crippen molar-refractivity contribution in [3.8, 4) is 0 Å². The lowest BCUT2D eigenvalue weighted by molar-refractivity contribution is -0.124. The second kappa shape index (κ2) is 9.61. The predicted octanol–water partition coefficient (Wildman–Crippen LogP) is 1.31. The maximum atomic E-state index is 13.0. The Kier molecular flexibility index (Phi) is 6.91. The summed E-state index contributed by atoms with van der Waals surface area (Å²) in [5.74, 6) is -0.842. The van der Waals surface area contributed by atoms with Crippen LogP contribution >= 0.6 is 0 Å². The van der Waals surface area contributed by atoms with Gasteiger partial charge >= 0.3 is 5.69 Å². The summed E-state index contributed by atoms with van der Waals surface area (Å²) >= 11 is 0. The maximum absolute atomic E-state index is 13.0. The van der Waals surface area contributed by atoms with Gasteiger partial charge in [0.2, 0.25) is 0 Å². The summed E-state index contributed by atoms with van der Waals surface area (Å²) in [6.45, 7) is 2.85. The molecule has 1 atom stereocenters. The van der Waals surface area contributed by atoms with Gasteiger partial charge in [-0.3, -0.25) is 23.9 Å². The number of hydrogen-bond acceptors (Lipinski definition) is 6. The molecule has 1 saturated heterocycles. The zero-order valence-electron chi connectivity index (χ0n) is 17.6. The highest BCUT2D eigenvalue weighted by Crippen LogP contribution is 2.20. The summed E-state index contributed by atoms with van der Waals surface area (Å²) in [5, 5.41) is 2.75. The van der Waals surface area contributed by atoms with Crippen molar-refractivity contribution in [2.24, 2.45) is 0 Å². The van der Waals surface area contributed by atoms with E-state index in [-0.39, 0.29) is 23.0 Å². The van der Waals surface area contributed by atoms with Crippen molar-refractivity contribution in [2.75, 3.05) is 29.6 Å². The second-order valence-corrected chi connectivity index (χ2v) is 7.43. The van der Waals surface area contributed by atoms with E-state index in [4.69, 9.17) is 10.5 Å². The first-order valence-corrected chi connectivity index (χ1v) is 10.3. The van der Waals surface area contributed by atoms with Gasteiger partial charge in [-0.05, 0) is 37.5 Å². The molecule has 3 rings (SSSR count). The van der Waals surface area contributed by atoms with Crippen LogP contribution in [0.5, 0.6) is 0 Å². The Bertz CT molecular complexity index is 1080. The van der Waals surface area contributed by atoms with Gasteiger partial charge in [0, 0.05) is 31.5 Å². The van der Waals surface area contributed by atoms with Crippen molar-refractivity contribution >= 4 is 29.0 Å². The van der Waals surface area contributed by atoms with Crippen LogP contribution in [0.15, 0.2) is 33.9 Å². The van der Waals surface area contributed by atoms with E-state index in [0.717, 1.165) is 17.7 Å². The third-order valence-corrected chi connectivity index (χ3v) is 5.19. The minimum atomic E-state index is -0.742. The van der Waals surface area contributed by atoms with Crippen LogP contribution in [0.2, 0.25) is 0 Å². The molecule has 1 fully saturated rings. The Morgan fingerprint density at radius 2 is 2.13 bits per heavy atom. The quantitative estimate of drug-likeness (QED) is 0.606. The largest absolute Gasteiger partial charge is 0.383 e. The van der Waals surface area contributed by atoms with Crippen molar-refractivity contribution in [1.29, 1.82) is 0 Å². The Morgan fingerprint density at radius 3 is 2.81 bits per heavy atom. The maximum Gasteiger partial charge on any atom is 0.330 e. The molecule has 0 spiro atoms. The number of H-pyrrole nitrogens is 1. The number of unbranched alkanes of at least 4 members (excludes halogenated alkanes) is 1. The first-order chi connectivity index (χ1) is 14.8. The zero-order valence-corrected chi connectivity index (χ0v) is 17.6. The topological polar surface area (TPSA) is 140 Å². The van der Waals surface area contributed by atoms with E-state index in [1.807, 2.05) is 6.92 Å². The number of amides is 2. The van der Waals surface area contributed by atoms with Crippen LogP contribution in [0.1, 0.15) is 43.0 Å². The monoisotopic (exact) mass is 429 g/mol. The van der Waals surface area contributed by atoms with Gasteiger partial charge in [0.1, 0.15) is 11.9 Å². The number of nitrogens with zero attached hydrogens (tertiary/aromatic N) is 2. The number of aromatic nitrogens is 2. The SMILES string of the molecule is CCCCn1c(N)c(N(C)C(=O)c2cccc(NC(=O)C3CCCO3)c2)c(=O)[nH]c1=O. The van der Waals surface area contributed by atoms with E-state index in [0.29, 0.717) is 31.7 Å². The molecule has 2 heterocycles. The molecule has 1 aromatic heterocycles. The summed E-state index contributed by atoms with van der Waals surface area (Å²) in [4.78, 5) is 53.2. The molecule has 1 unspecified atom stereocenters. The molecule has 10 nitrogen and oxygen atoms in total. The second-order valence-electron chi connectivity index (χ2n) is 7.43. The highest BCUT2D eigenvalue weighted by Gasteiger charge is 2.25. The van der Waals surface area contributed by atoms with Crippen LogP contribution in [0, 0.1) is 0 Å². The van der Waals surface area contributed by atoms with E-state index < -0.39 is 23.3 Å². The summed E-state index contributed by atoms with van der Waals surface area (Å²) < 4.78 is 6.62. The summed E-state index contributed by atoms with van der Waals surface area (Å²) in [6, 6.07) is 6.37. The van der Waals surface area contributed by atoms with Crippen molar-refractivity contribution < 1.29 is 14.3 Å². The number of nitrogens with one attached hydrogen (secondary N) is 2. The Labute approximate surface area is 179 Å². The third kappa shape index (κ3) is 4.85. The first kappa shape index (κ1) is 22.3. The molecular weight excluding hydrogens is 402 g/mol. The number of rotatable bonds is 7. The summed E-state index contributed by atoms with van der Waals surface area (Å²) in [6.07, 6.45) is 2.52. The number of aromatic amines is 1. The van der Waals surface area contributed by atoms with Gasteiger partial charge in [-0.2, -0.15) is 0 Å². The minimum absolute atomic E-state index is 0.0686. The van der Waals surface area contributed by atoms with Crippen molar-refractivity contribution in [2.45, 2.75) is 45.3 Å². The zero-order chi connectivity index (χ0) is 22.5. The number of hydrogen-bond donors (Lipinski definition) is 3. The first-order valence-electron chi connectivity index (χ1n) is 10.3. The number of carbonyl (C=O) groups excluding carboxylic acids is 2. The van der Waals surface area contributed by atoms with Crippen molar-refractivity contribution in [3.63, 3.8) is 0 Å². The Balaban J connectivity index is 1.85. The van der Waals surface area contributed by atoms with Gasteiger partial charge in [0.25, 0.3) is 17.4 Å². The van der Waals surface area contributed by atoms with Gasteiger partial charge in [-0.1, -0.05) is 19.4 Å². The fourth-order valence-corrected chi connectivity index (χ4v) is 3.47.